The van der Waals surface area contributed by atoms with E-state index in [0.29, 0.717) is 6.54 Å². The molecule has 1 aliphatic rings. The van der Waals surface area contributed by atoms with Crippen LogP contribution in [0.25, 0.3) is 0 Å². The van der Waals surface area contributed by atoms with E-state index in [4.69, 9.17) is 39.5 Å². The summed E-state index contributed by atoms with van der Waals surface area (Å²) >= 11 is 17.8. The first kappa shape index (κ1) is 18.4. The molecule has 1 amide bonds. The second-order valence-electron chi connectivity index (χ2n) is 5.44. The molecule has 1 saturated heterocycles. The lowest BCUT2D eigenvalue weighted by Gasteiger charge is -2.35. The first-order chi connectivity index (χ1) is 11.0. The predicted octanol–water partition coefficient (Wildman–Crippen LogP) is 4.59. The number of hydrogen-bond donors (Lipinski definition) is 0. The minimum Gasteiger partial charge on any atom is -0.452 e. The molecular formula is C16H18Cl3NO3. The maximum atomic E-state index is 12.3. The number of ether oxygens (including phenoxy) is 1. The molecule has 0 N–H and O–H groups in total. The molecule has 1 atom stereocenters. The normalized spacial score (nSPS) is 17.9. The number of rotatable bonds is 4. The Kier molecular flexibility index (Phi) is 6.57. The standard InChI is InChI=1S/C16H18Cl3NO3/c1-2-10-5-3-4-8-20(10)13(21)9-23-16(22)14-11(17)6-7-12(18)15(14)19/h6-7,10H,2-5,8-9H2,1H3. The minimum atomic E-state index is -0.749. The second-order valence-corrected chi connectivity index (χ2v) is 6.63. The number of carbonyl (C=O) groups excluding carboxylic acids is 2. The smallest absolute Gasteiger partial charge is 0.341 e. The topological polar surface area (TPSA) is 46.6 Å². The highest BCUT2D eigenvalue weighted by Gasteiger charge is 2.27. The van der Waals surface area contributed by atoms with E-state index in [2.05, 4.69) is 0 Å². The summed E-state index contributed by atoms with van der Waals surface area (Å²) in [7, 11) is 0. The first-order valence-corrected chi connectivity index (χ1v) is 8.69. The van der Waals surface area contributed by atoms with Gasteiger partial charge in [-0.25, -0.2) is 4.79 Å². The van der Waals surface area contributed by atoms with E-state index in [1.54, 1.807) is 4.90 Å². The Morgan fingerprint density at radius 3 is 2.61 bits per heavy atom. The Hall–Kier alpha value is -0.970. The van der Waals surface area contributed by atoms with E-state index >= 15 is 0 Å². The Morgan fingerprint density at radius 1 is 1.22 bits per heavy atom. The SMILES string of the molecule is CCC1CCCCN1C(=O)COC(=O)c1c(Cl)ccc(Cl)c1Cl. The van der Waals surface area contributed by atoms with E-state index in [1.807, 2.05) is 6.92 Å². The van der Waals surface area contributed by atoms with Gasteiger partial charge in [0.15, 0.2) is 6.61 Å². The zero-order valence-corrected chi connectivity index (χ0v) is 15.0. The van der Waals surface area contributed by atoms with Crippen LogP contribution in [0.1, 0.15) is 43.0 Å². The van der Waals surface area contributed by atoms with Crippen LogP contribution in [-0.2, 0) is 9.53 Å². The van der Waals surface area contributed by atoms with Crippen LogP contribution in [0.3, 0.4) is 0 Å². The number of halogens is 3. The van der Waals surface area contributed by atoms with Crippen LogP contribution in [0.4, 0.5) is 0 Å². The van der Waals surface area contributed by atoms with Gasteiger partial charge in [-0.15, -0.1) is 0 Å². The highest BCUT2D eigenvalue weighted by atomic mass is 35.5. The van der Waals surface area contributed by atoms with Crippen molar-refractivity contribution in [3.63, 3.8) is 0 Å². The molecule has 23 heavy (non-hydrogen) atoms. The molecule has 0 aromatic heterocycles. The fourth-order valence-corrected chi connectivity index (χ4v) is 3.43. The van der Waals surface area contributed by atoms with Crippen LogP contribution in [-0.4, -0.2) is 36.0 Å². The number of nitrogens with zero attached hydrogens (tertiary/aromatic N) is 1. The fourth-order valence-electron chi connectivity index (χ4n) is 2.75. The monoisotopic (exact) mass is 377 g/mol. The molecule has 0 bridgehead atoms. The van der Waals surface area contributed by atoms with Gasteiger partial charge in [0.1, 0.15) is 0 Å². The van der Waals surface area contributed by atoms with Gasteiger partial charge in [-0.05, 0) is 37.8 Å². The van der Waals surface area contributed by atoms with Crippen molar-refractivity contribution >= 4 is 46.7 Å². The average molecular weight is 379 g/mol. The summed E-state index contributed by atoms with van der Waals surface area (Å²) < 4.78 is 5.09. The molecule has 1 aromatic carbocycles. The van der Waals surface area contributed by atoms with Gasteiger partial charge in [-0.1, -0.05) is 41.7 Å². The van der Waals surface area contributed by atoms with Gasteiger partial charge in [0.05, 0.1) is 20.6 Å². The molecule has 4 nitrogen and oxygen atoms in total. The fraction of sp³-hybridized carbons (Fsp3) is 0.500. The molecule has 0 aliphatic carbocycles. The molecule has 126 valence electrons. The maximum Gasteiger partial charge on any atom is 0.341 e. The van der Waals surface area contributed by atoms with Crippen LogP contribution in [0.2, 0.25) is 15.1 Å². The van der Waals surface area contributed by atoms with Crippen LogP contribution < -0.4 is 0 Å². The summed E-state index contributed by atoms with van der Waals surface area (Å²) in [6, 6.07) is 3.17. The zero-order chi connectivity index (χ0) is 17.0. The van der Waals surface area contributed by atoms with Gasteiger partial charge in [-0.3, -0.25) is 4.79 Å². The van der Waals surface area contributed by atoms with Gasteiger partial charge >= 0.3 is 5.97 Å². The van der Waals surface area contributed by atoms with E-state index in [9.17, 15) is 9.59 Å². The van der Waals surface area contributed by atoms with E-state index < -0.39 is 5.97 Å². The molecule has 1 unspecified atom stereocenters. The van der Waals surface area contributed by atoms with Crippen molar-refractivity contribution in [3.05, 3.63) is 32.8 Å². The van der Waals surface area contributed by atoms with Crippen molar-refractivity contribution in [1.82, 2.24) is 4.90 Å². The molecule has 1 heterocycles. The second kappa shape index (κ2) is 8.22. The molecule has 2 rings (SSSR count). The summed E-state index contributed by atoms with van der Waals surface area (Å²) in [5.74, 6) is -0.944. The highest BCUT2D eigenvalue weighted by molar-refractivity contribution is 6.46. The first-order valence-electron chi connectivity index (χ1n) is 7.55. The third-order valence-corrected chi connectivity index (χ3v) is 5.11. The number of hydrogen-bond acceptors (Lipinski definition) is 3. The quantitative estimate of drug-likeness (QED) is 0.568. The van der Waals surface area contributed by atoms with Crippen LogP contribution in [0.15, 0.2) is 12.1 Å². The lowest BCUT2D eigenvalue weighted by atomic mass is 10.00. The van der Waals surface area contributed by atoms with Crippen molar-refractivity contribution in [2.45, 2.75) is 38.6 Å². The molecule has 1 aliphatic heterocycles. The molecule has 1 fully saturated rings. The third kappa shape index (κ3) is 4.31. The van der Waals surface area contributed by atoms with Gasteiger partial charge in [0, 0.05) is 12.6 Å². The summed E-state index contributed by atoms with van der Waals surface area (Å²) in [6.45, 7) is 2.43. The van der Waals surface area contributed by atoms with Crippen LogP contribution in [0.5, 0.6) is 0 Å². The van der Waals surface area contributed by atoms with Gasteiger partial charge < -0.3 is 9.64 Å². The summed E-state index contributed by atoms with van der Waals surface area (Å²) in [6.07, 6.45) is 3.98. The summed E-state index contributed by atoms with van der Waals surface area (Å²) in [4.78, 5) is 26.2. The van der Waals surface area contributed by atoms with E-state index in [1.165, 1.54) is 12.1 Å². The van der Waals surface area contributed by atoms with Crippen LogP contribution in [0, 0.1) is 0 Å². The number of likely N-dealkylation sites (tertiary alicyclic amines) is 1. The van der Waals surface area contributed by atoms with Crippen molar-refractivity contribution in [2.24, 2.45) is 0 Å². The van der Waals surface area contributed by atoms with E-state index in [-0.39, 0.29) is 39.2 Å². The number of benzene rings is 1. The zero-order valence-electron chi connectivity index (χ0n) is 12.8. The van der Waals surface area contributed by atoms with Gasteiger partial charge in [0.2, 0.25) is 0 Å². The highest BCUT2D eigenvalue weighted by Crippen LogP contribution is 2.32. The molecule has 0 spiro atoms. The molecule has 1 aromatic rings. The third-order valence-electron chi connectivity index (χ3n) is 3.99. The summed E-state index contributed by atoms with van der Waals surface area (Å²) in [5.41, 5.74) is -0.0145. The Labute approximate surface area is 150 Å². The van der Waals surface area contributed by atoms with Crippen molar-refractivity contribution in [3.8, 4) is 0 Å². The molecular weight excluding hydrogens is 361 g/mol. The van der Waals surface area contributed by atoms with Gasteiger partial charge in [0.25, 0.3) is 5.91 Å². The van der Waals surface area contributed by atoms with E-state index in [0.717, 1.165) is 25.7 Å². The molecule has 0 saturated carbocycles. The lowest BCUT2D eigenvalue weighted by Crippen LogP contribution is -2.45. The van der Waals surface area contributed by atoms with Crippen molar-refractivity contribution in [2.75, 3.05) is 13.2 Å². The van der Waals surface area contributed by atoms with Crippen molar-refractivity contribution in [1.29, 1.82) is 0 Å². The number of piperidine rings is 1. The lowest BCUT2D eigenvalue weighted by molar-refractivity contribution is -0.138. The van der Waals surface area contributed by atoms with Gasteiger partial charge in [-0.2, -0.15) is 0 Å². The average Bonchev–Trinajstić information content (AvgIpc) is 2.56. The predicted molar refractivity (Wildman–Crippen MR) is 91.4 cm³/mol. The molecule has 0 radical (unpaired) electrons. The Bertz CT molecular complexity index is 606. The summed E-state index contributed by atoms with van der Waals surface area (Å²) in [5, 5.41) is 0.374. The Morgan fingerprint density at radius 2 is 1.91 bits per heavy atom. The maximum absolute atomic E-state index is 12.3. The Balaban J connectivity index is 2.02. The largest absolute Gasteiger partial charge is 0.452 e. The number of amides is 1. The number of carbonyl (C=O) groups is 2. The van der Waals surface area contributed by atoms with Crippen LogP contribution >= 0.6 is 34.8 Å². The molecule has 7 heteroatoms. The number of esters is 1. The minimum absolute atomic E-state index is 0.0145. The van der Waals surface area contributed by atoms with Crippen molar-refractivity contribution < 1.29 is 14.3 Å².